The number of carbonyl (C=O) groups excluding carboxylic acids is 1. The van der Waals surface area contributed by atoms with Gasteiger partial charge in [0, 0.05) is 6.04 Å². The van der Waals surface area contributed by atoms with Crippen LogP contribution in [0.25, 0.3) is 0 Å². The summed E-state index contributed by atoms with van der Waals surface area (Å²) in [5.41, 5.74) is 3.41. The Bertz CT molecular complexity index is 440. The fourth-order valence-electron chi connectivity index (χ4n) is 2.27. The van der Waals surface area contributed by atoms with Gasteiger partial charge in [-0.2, -0.15) is 0 Å². The first-order valence-electron chi connectivity index (χ1n) is 6.85. The van der Waals surface area contributed by atoms with Crippen LogP contribution >= 0.6 is 0 Å². The van der Waals surface area contributed by atoms with Crippen LogP contribution in [0.2, 0.25) is 0 Å². The monoisotopic (exact) mass is 262 g/mol. The Kier molecular flexibility index (Phi) is 4.80. The summed E-state index contributed by atoms with van der Waals surface area (Å²) in [6.45, 7) is 6.33. The molecule has 0 spiro atoms. The van der Waals surface area contributed by atoms with Crippen molar-refractivity contribution in [1.82, 2.24) is 10.6 Å². The topological polar surface area (TPSA) is 50.4 Å². The Hall–Kier alpha value is -1.55. The maximum Gasteiger partial charge on any atom is 0.407 e. The summed E-state index contributed by atoms with van der Waals surface area (Å²) in [5.74, 6) is 0. The molecule has 1 saturated heterocycles. The number of nitrogens with one attached hydrogen (secondary N) is 2. The van der Waals surface area contributed by atoms with E-state index in [0.29, 0.717) is 6.61 Å². The van der Waals surface area contributed by atoms with Gasteiger partial charge in [0.1, 0.15) is 6.61 Å². The molecule has 0 unspecified atom stereocenters. The minimum absolute atomic E-state index is 0.243. The molecule has 0 bridgehead atoms. The first-order valence-corrected chi connectivity index (χ1v) is 6.85. The third kappa shape index (κ3) is 4.24. The van der Waals surface area contributed by atoms with Crippen molar-refractivity contribution in [2.45, 2.75) is 39.3 Å². The van der Waals surface area contributed by atoms with Crippen molar-refractivity contribution in [3.63, 3.8) is 0 Å². The van der Waals surface area contributed by atoms with E-state index >= 15 is 0 Å². The molecular formula is C15H22N2O2. The van der Waals surface area contributed by atoms with Crippen LogP contribution in [0.1, 0.15) is 29.5 Å². The van der Waals surface area contributed by atoms with E-state index < -0.39 is 0 Å². The molecule has 0 aromatic heterocycles. The molecule has 1 aromatic rings. The zero-order valence-corrected chi connectivity index (χ0v) is 11.7. The zero-order chi connectivity index (χ0) is 13.7. The van der Waals surface area contributed by atoms with Gasteiger partial charge in [0.25, 0.3) is 0 Å². The SMILES string of the molecule is Cc1ccc(C)c(COC(=O)NC2CCNCC2)c1. The number of piperidine rings is 1. The van der Waals surface area contributed by atoms with E-state index in [2.05, 4.69) is 28.8 Å². The summed E-state index contributed by atoms with van der Waals surface area (Å²) < 4.78 is 5.30. The Morgan fingerprint density at radius 1 is 1.37 bits per heavy atom. The second-order valence-electron chi connectivity index (χ2n) is 5.17. The quantitative estimate of drug-likeness (QED) is 0.878. The summed E-state index contributed by atoms with van der Waals surface area (Å²) in [5, 5.41) is 6.19. The normalized spacial score (nSPS) is 16.1. The molecule has 0 aliphatic carbocycles. The van der Waals surface area contributed by atoms with Gasteiger partial charge in [0.2, 0.25) is 0 Å². The van der Waals surface area contributed by atoms with Crippen LogP contribution in [-0.2, 0) is 11.3 Å². The summed E-state index contributed by atoms with van der Waals surface area (Å²) in [6.07, 6.45) is 1.63. The van der Waals surface area contributed by atoms with Crippen molar-refractivity contribution in [2.24, 2.45) is 0 Å². The number of hydrogen-bond donors (Lipinski definition) is 2. The Balaban J connectivity index is 1.81. The first-order chi connectivity index (χ1) is 9.15. The minimum Gasteiger partial charge on any atom is -0.445 e. The molecule has 4 nitrogen and oxygen atoms in total. The van der Waals surface area contributed by atoms with Gasteiger partial charge in [-0.15, -0.1) is 0 Å². The Labute approximate surface area is 114 Å². The first kappa shape index (κ1) is 13.9. The Morgan fingerprint density at radius 3 is 2.84 bits per heavy atom. The number of aryl methyl sites for hydroxylation is 2. The number of benzene rings is 1. The number of carbonyl (C=O) groups is 1. The highest BCUT2D eigenvalue weighted by Crippen LogP contribution is 2.12. The highest BCUT2D eigenvalue weighted by molar-refractivity contribution is 5.67. The lowest BCUT2D eigenvalue weighted by Gasteiger charge is -2.23. The predicted octanol–water partition coefficient (Wildman–Crippen LogP) is 2.28. The van der Waals surface area contributed by atoms with E-state index in [1.807, 2.05) is 13.8 Å². The van der Waals surface area contributed by atoms with Crippen molar-refractivity contribution < 1.29 is 9.53 Å². The van der Waals surface area contributed by atoms with Crippen LogP contribution in [0.5, 0.6) is 0 Å². The predicted molar refractivity (Wildman–Crippen MR) is 75.1 cm³/mol. The van der Waals surface area contributed by atoms with Gasteiger partial charge >= 0.3 is 6.09 Å². The van der Waals surface area contributed by atoms with Gasteiger partial charge in [-0.3, -0.25) is 0 Å². The summed E-state index contributed by atoms with van der Waals surface area (Å²) in [7, 11) is 0. The molecule has 1 aliphatic rings. The van der Waals surface area contributed by atoms with Crippen LogP contribution in [0, 0.1) is 13.8 Å². The van der Waals surface area contributed by atoms with Crippen molar-refractivity contribution in [3.8, 4) is 0 Å². The van der Waals surface area contributed by atoms with E-state index in [1.165, 1.54) is 5.56 Å². The largest absolute Gasteiger partial charge is 0.445 e. The molecule has 1 aromatic carbocycles. The highest BCUT2D eigenvalue weighted by atomic mass is 16.5. The fourth-order valence-corrected chi connectivity index (χ4v) is 2.27. The number of ether oxygens (including phenoxy) is 1. The van der Waals surface area contributed by atoms with Gasteiger partial charge in [0.15, 0.2) is 0 Å². The van der Waals surface area contributed by atoms with Gasteiger partial charge in [0.05, 0.1) is 0 Å². The van der Waals surface area contributed by atoms with Crippen molar-refractivity contribution in [3.05, 3.63) is 34.9 Å². The minimum atomic E-state index is -0.312. The molecule has 2 N–H and O–H groups in total. The number of rotatable bonds is 3. The molecule has 0 atom stereocenters. The molecule has 19 heavy (non-hydrogen) atoms. The van der Waals surface area contributed by atoms with E-state index in [9.17, 15) is 4.79 Å². The lowest BCUT2D eigenvalue weighted by atomic mass is 10.1. The maximum atomic E-state index is 11.7. The standard InChI is InChI=1S/C15H22N2O2/c1-11-3-4-12(2)13(9-11)10-19-15(18)17-14-5-7-16-8-6-14/h3-4,9,14,16H,5-8,10H2,1-2H3,(H,17,18). The molecule has 1 aliphatic heterocycles. The van der Waals surface area contributed by atoms with Crippen LogP contribution in [0.15, 0.2) is 18.2 Å². The number of alkyl carbamates (subject to hydrolysis) is 1. The van der Waals surface area contributed by atoms with Gasteiger partial charge < -0.3 is 15.4 Å². The van der Waals surface area contributed by atoms with Crippen molar-refractivity contribution in [2.75, 3.05) is 13.1 Å². The summed E-state index contributed by atoms with van der Waals surface area (Å²) in [4.78, 5) is 11.7. The molecule has 1 heterocycles. The summed E-state index contributed by atoms with van der Waals surface area (Å²) in [6, 6.07) is 6.42. The Morgan fingerprint density at radius 2 is 2.11 bits per heavy atom. The second kappa shape index (κ2) is 6.57. The average Bonchev–Trinajstić information content (AvgIpc) is 2.41. The van der Waals surface area contributed by atoms with Crippen molar-refractivity contribution in [1.29, 1.82) is 0 Å². The third-order valence-corrected chi connectivity index (χ3v) is 3.52. The van der Waals surface area contributed by atoms with Gasteiger partial charge in [-0.25, -0.2) is 4.79 Å². The smallest absolute Gasteiger partial charge is 0.407 e. The third-order valence-electron chi connectivity index (χ3n) is 3.52. The van der Waals surface area contributed by atoms with Gasteiger partial charge in [-0.05, 0) is 50.9 Å². The molecule has 4 heteroatoms. The van der Waals surface area contributed by atoms with Crippen LogP contribution in [-0.4, -0.2) is 25.2 Å². The molecule has 1 fully saturated rings. The van der Waals surface area contributed by atoms with Crippen molar-refractivity contribution >= 4 is 6.09 Å². The molecule has 0 saturated carbocycles. The average molecular weight is 262 g/mol. The number of hydrogen-bond acceptors (Lipinski definition) is 3. The number of amides is 1. The van der Waals surface area contributed by atoms with Crippen LogP contribution < -0.4 is 10.6 Å². The lowest BCUT2D eigenvalue weighted by Crippen LogP contribution is -2.42. The highest BCUT2D eigenvalue weighted by Gasteiger charge is 2.16. The second-order valence-corrected chi connectivity index (χ2v) is 5.17. The lowest BCUT2D eigenvalue weighted by molar-refractivity contribution is 0.133. The van der Waals surface area contributed by atoms with E-state index in [0.717, 1.165) is 37.1 Å². The molecule has 1 amide bonds. The molecule has 104 valence electrons. The maximum absolute atomic E-state index is 11.7. The summed E-state index contributed by atoms with van der Waals surface area (Å²) >= 11 is 0. The van der Waals surface area contributed by atoms with E-state index in [1.54, 1.807) is 0 Å². The molecular weight excluding hydrogens is 240 g/mol. The van der Waals surface area contributed by atoms with Crippen LogP contribution in [0.3, 0.4) is 0 Å². The van der Waals surface area contributed by atoms with Gasteiger partial charge in [-0.1, -0.05) is 23.8 Å². The van der Waals surface area contributed by atoms with E-state index in [-0.39, 0.29) is 12.1 Å². The molecule has 0 radical (unpaired) electrons. The fraction of sp³-hybridized carbons (Fsp3) is 0.533. The molecule has 2 rings (SSSR count). The zero-order valence-electron chi connectivity index (χ0n) is 11.7. The van der Waals surface area contributed by atoms with E-state index in [4.69, 9.17) is 4.74 Å². The van der Waals surface area contributed by atoms with Crippen LogP contribution in [0.4, 0.5) is 4.79 Å².